The Kier molecular flexibility index (Phi) is 6.06. The first-order chi connectivity index (χ1) is 11.4. The minimum atomic E-state index is -0.607. The molecule has 1 aromatic carbocycles. The van der Waals surface area contributed by atoms with Gasteiger partial charge >= 0.3 is 0 Å². The molecule has 3 rings (SSSR count). The molecule has 25 heavy (non-hydrogen) atoms. The lowest BCUT2D eigenvalue weighted by Crippen LogP contribution is -2.52. The van der Waals surface area contributed by atoms with Gasteiger partial charge in [-0.2, -0.15) is 0 Å². The molecular weight excluding hydrogens is 345 g/mol. The van der Waals surface area contributed by atoms with Crippen molar-refractivity contribution in [2.45, 2.75) is 45.6 Å². The van der Waals surface area contributed by atoms with Crippen molar-refractivity contribution in [1.29, 1.82) is 0 Å². The van der Waals surface area contributed by atoms with E-state index in [1.165, 1.54) is 6.07 Å². The van der Waals surface area contributed by atoms with Gasteiger partial charge in [0, 0.05) is 24.7 Å². The molecule has 2 heterocycles. The summed E-state index contributed by atoms with van der Waals surface area (Å²) in [7, 11) is 0. The largest absolute Gasteiger partial charge is 0.350 e. The molecule has 3 N–H and O–H groups in total. The van der Waals surface area contributed by atoms with Crippen LogP contribution in [0.4, 0.5) is 10.1 Å². The van der Waals surface area contributed by atoms with E-state index in [1.54, 1.807) is 6.07 Å². The van der Waals surface area contributed by atoms with E-state index in [2.05, 4.69) is 29.8 Å². The molecule has 1 aromatic rings. The van der Waals surface area contributed by atoms with Gasteiger partial charge < -0.3 is 16.0 Å². The highest BCUT2D eigenvalue weighted by Gasteiger charge is 2.32. The van der Waals surface area contributed by atoms with Gasteiger partial charge in [-0.05, 0) is 48.9 Å². The average molecular weight is 370 g/mol. The number of amides is 2. The number of anilines is 1. The molecule has 1 saturated heterocycles. The number of fused-ring (bicyclic) bond motifs is 1. The van der Waals surface area contributed by atoms with Gasteiger partial charge in [-0.15, -0.1) is 12.4 Å². The number of nitrogens with one attached hydrogen (secondary N) is 3. The van der Waals surface area contributed by atoms with Crippen molar-refractivity contribution >= 4 is 29.9 Å². The van der Waals surface area contributed by atoms with Gasteiger partial charge in [-0.3, -0.25) is 9.59 Å². The molecular formula is C18H25ClFN3O2. The molecule has 0 radical (unpaired) electrons. The van der Waals surface area contributed by atoms with Crippen molar-refractivity contribution in [2.75, 3.05) is 18.4 Å². The maximum absolute atomic E-state index is 14.2. The van der Waals surface area contributed by atoms with Gasteiger partial charge in [0.15, 0.2) is 0 Å². The summed E-state index contributed by atoms with van der Waals surface area (Å²) >= 11 is 0. The fourth-order valence-corrected chi connectivity index (χ4v) is 3.49. The third-order valence-electron chi connectivity index (χ3n) is 5.13. The molecule has 1 atom stereocenters. The smallest absolute Gasteiger partial charge is 0.254 e. The van der Waals surface area contributed by atoms with Crippen molar-refractivity contribution in [3.63, 3.8) is 0 Å². The van der Waals surface area contributed by atoms with Crippen LogP contribution in [-0.4, -0.2) is 30.9 Å². The van der Waals surface area contributed by atoms with Crippen molar-refractivity contribution in [2.24, 2.45) is 5.41 Å². The standard InChI is InChI=1S/C18H24FN3O2.ClH/c1-18(2)6-3-7-20-15(18)10-21-17(24)12-8-11-4-5-16(23)22-14(11)9-13(12)19;/h8-9,15,20H,3-7,10H2,1-2H3,(H,21,24)(H,22,23);1H. The molecule has 2 aliphatic rings. The Morgan fingerprint density at radius 3 is 2.84 bits per heavy atom. The van der Waals surface area contributed by atoms with Crippen molar-refractivity contribution in [1.82, 2.24) is 10.6 Å². The van der Waals surface area contributed by atoms with Crippen molar-refractivity contribution in [3.05, 3.63) is 29.1 Å². The molecule has 0 saturated carbocycles. The van der Waals surface area contributed by atoms with Gasteiger partial charge in [-0.25, -0.2) is 4.39 Å². The summed E-state index contributed by atoms with van der Waals surface area (Å²) in [4.78, 5) is 23.8. The van der Waals surface area contributed by atoms with E-state index in [9.17, 15) is 14.0 Å². The Labute approximate surface area is 153 Å². The maximum Gasteiger partial charge on any atom is 0.254 e. The summed E-state index contributed by atoms with van der Waals surface area (Å²) in [5.74, 6) is -1.13. The number of rotatable bonds is 3. The van der Waals surface area contributed by atoms with Gasteiger partial charge in [0.25, 0.3) is 5.91 Å². The molecule has 0 spiro atoms. The highest BCUT2D eigenvalue weighted by atomic mass is 35.5. The fourth-order valence-electron chi connectivity index (χ4n) is 3.49. The molecule has 1 unspecified atom stereocenters. The van der Waals surface area contributed by atoms with Gasteiger partial charge in [0.1, 0.15) is 5.82 Å². The number of hydrogen-bond donors (Lipinski definition) is 3. The van der Waals surface area contributed by atoms with Gasteiger partial charge in [0.05, 0.1) is 5.56 Å². The number of carbonyl (C=O) groups is 2. The predicted octanol–water partition coefficient (Wildman–Crippen LogP) is 2.64. The lowest BCUT2D eigenvalue weighted by Gasteiger charge is -2.39. The van der Waals surface area contributed by atoms with Crippen LogP contribution in [-0.2, 0) is 11.2 Å². The Morgan fingerprint density at radius 1 is 1.36 bits per heavy atom. The van der Waals surface area contributed by atoms with E-state index in [0.717, 1.165) is 24.9 Å². The number of hydrogen-bond acceptors (Lipinski definition) is 3. The Morgan fingerprint density at radius 2 is 2.12 bits per heavy atom. The minimum Gasteiger partial charge on any atom is -0.350 e. The van der Waals surface area contributed by atoms with Crippen molar-refractivity contribution in [3.8, 4) is 0 Å². The van der Waals surface area contributed by atoms with Gasteiger partial charge in [0.2, 0.25) is 5.91 Å². The van der Waals surface area contributed by atoms with Crippen LogP contribution in [0.5, 0.6) is 0 Å². The van der Waals surface area contributed by atoms with Crippen LogP contribution in [0.1, 0.15) is 49.0 Å². The highest BCUT2D eigenvalue weighted by Crippen LogP contribution is 2.30. The van der Waals surface area contributed by atoms with E-state index in [1.807, 2.05) is 0 Å². The molecule has 2 aliphatic heterocycles. The zero-order valence-electron chi connectivity index (χ0n) is 14.6. The van der Waals surface area contributed by atoms with Crippen molar-refractivity contribution < 1.29 is 14.0 Å². The lowest BCUT2D eigenvalue weighted by atomic mass is 9.77. The molecule has 2 amide bonds. The SMILES string of the molecule is CC1(C)CCCNC1CNC(=O)c1cc2c(cc1F)NC(=O)CC2.Cl. The van der Waals surface area contributed by atoms with Crippen LogP contribution in [0.15, 0.2) is 12.1 Å². The molecule has 138 valence electrons. The second kappa shape index (κ2) is 7.70. The van der Waals surface area contributed by atoms with E-state index in [4.69, 9.17) is 0 Å². The predicted molar refractivity (Wildman–Crippen MR) is 97.7 cm³/mol. The van der Waals surface area contributed by atoms with Crippen LogP contribution >= 0.6 is 12.4 Å². The Hall–Kier alpha value is -1.66. The summed E-state index contributed by atoms with van der Waals surface area (Å²) in [6.45, 7) is 5.77. The molecule has 0 aliphatic carbocycles. The van der Waals surface area contributed by atoms with Crippen LogP contribution in [0.2, 0.25) is 0 Å². The molecule has 5 nitrogen and oxygen atoms in total. The Balaban J connectivity index is 0.00000225. The summed E-state index contributed by atoms with van der Waals surface area (Å²) in [6.07, 6.45) is 3.12. The topological polar surface area (TPSA) is 70.2 Å². The first-order valence-electron chi connectivity index (χ1n) is 8.51. The number of halogens is 2. The number of benzene rings is 1. The first kappa shape index (κ1) is 19.7. The zero-order chi connectivity index (χ0) is 17.3. The highest BCUT2D eigenvalue weighted by molar-refractivity contribution is 5.98. The minimum absolute atomic E-state index is 0. The molecule has 1 fully saturated rings. The first-order valence-corrected chi connectivity index (χ1v) is 8.51. The lowest BCUT2D eigenvalue weighted by molar-refractivity contribution is -0.116. The fraction of sp³-hybridized carbons (Fsp3) is 0.556. The van der Waals surface area contributed by atoms with E-state index in [-0.39, 0.29) is 35.3 Å². The molecule has 0 bridgehead atoms. The van der Waals surface area contributed by atoms with Crippen LogP contribution in [0, 0.1) is 11.2 Å². The quantitative estimate of drug-likeness (QED) is 0.767. The maximum atomic E-state index is 14.2. The number of aryl methyl sites for hydroxylation is 1. The number of carbonyl (C=O) groups excluding carboxylic acids is 2. The van der Waals surface area contributed by atoms with Crippen LogP contribution in [0.3, 0.4) is 0 Å². The average Bonchev–Trinajstić information content (AvgIpc) is 2.52. The van der Waals surface area contributed by atoms with Crippen LogP contribution < -0.4 is 16.0 Å². The number of piperidine rings is 1. The summed E-state index contributed by atoms with van der Waals surface area (Å²) < 4.78 is 14.2. The third kappa shape index (κ3) is 4.30. The molecule has 0 aromatic heterocycles. The van der Waals surface area contributed by atoms with Crippen LogP contribution in [0.25, 0.3) is 0 Å². The zero-order valence-corrected chi connectivity index (χ0v) is 15.4. The molecule has 7 heteroatoms. The van der Waals surface area contributed by atoms with Gasteiger partial charge in [-0.1, -0.05) is 13.8 Å². The third-order valence-corrected chi connectivity index (χ3v) is 5.13. The second-order valence-corrected chi connectivity index (χ2v) is 7.35. The monoisotopic (exact) mass is 369 g/mol. The summed E-state index contributed by atoms with van der Waals surface area (Å²) in [6, 6.07) is 2.97. The normalized spacial score (nSPS) is 21.6. The Bertz CT molecular complexity index is 679. The van der Waals surface area contributed by atoms with E-state index in [0.29, 0.717) is 25.1 Å². The summed E-state index contributed by atoms with van der Waals surface area (Å²) in [5, 5.41) is 8.92. The second-order valence-electron chi connectivity index (χ2n) is 7.35. The summed E-state index contributed by atoms with van der Waals surface area (Å²) in [5.41, 5.74) is 1.41. The van der Waals surface area contributed by atoms with E-state index >= 15 is 0 Å². The van der Waals surface area contributed by atoms with E-state index < -0.39 is 11.7 Å².